The Morgan fingerprint density at radius 1 is 1.18 bits per heavy atom. The molecule has 1 saturated heterocycles. The topological polar surface area (TPSA) is 57.6 Å². The molecule has 0 aromatic heterocycles. The summed E-state index contributed by atoms with van der Waals surface area (Å²) < 4.78 is 64.0. The lowest BCUT2D eigenvalue weighted by molar-refractivity contribution is -0.270. The van der Waals surface area contributed by atoms with Crippen LogP contribution in [-0.2, 0) is 16.4 Å². The van der Waals surface area contributed by atoms with Crippen LogP contribution in [0, 0.1) is 0 Å². The molecule has 0 unspecified atom stereocenters. The van der Waals surface area contributed by atoms with E-state index in [2.05, 4.69) is 0 Å². The van der Waals surface area contributed by atoms with Crippen molar-refractivity contribution in [2.45, 2.75) is 42.9 Å². The highest BCUT2D eigenvalue weighted by Gasteiger charge is 2.55. The summed E-state index contributed by atoms with van der Waals surface area (Å²) in [5.74, 6) is 0. The Morgan fingerprint density at radius 3 is 2.09 bits per heavy atom. The third-order valence-corrected chi connectivity index (χ3v) is 5.96. The number of halogens is 3. The van der Waals surface area contributed by atoms with Crippen LogP contribution in [0.15, 0.2) is 29.2 Å². The SMILES string of the molecule is CCc1ccc(S(=O)(=O)N2CCC(O)(C(F)(F)F)CC2)cc1. The smallest absolute Gasteiger partial charge is 0.380 e. The van der Waals surface area contributed by atoms with Crippen LogP contribution in [0.25, 0.3) is 0 Å². The first-order valence-electron chi connectivity index (χ1n) is 6.98. The van der Waals surface area contributed by atoms with Gasteiger partial charge in [-0.2, -0.15) is 17.5 Å². The van der Waals surface area contributed by atoms with Crippen LogP contribution in [0.5, 0.6) is 0 Å². The van der Waals surface area contributed by atoms with Gasteiger partial charge in [-0.15, -0.1) is 0 Å². The molecular formula is C14H18F3NO3S. The number of hydrogen-bond donors (Lipinski definition) is 1. The van der Waals surface area contributed by atoms with E-state index in [1.54, 1.807) is 12.1 Å². The predicted octanol–water partition coefficient (Wildman–Crippen LogP) is 2.33. The van der Waals surface area contributed by atoms with Gasteiger partial charge < -0.3 is 5.11 Å². The lowest BCUT2D eigenvalue weighted by Crippen LogP contribution is -2.54. The van der Waals surface area contributed by atoms with Crippen molar-refractivity contribution in [2.75, 3.05) is 13.1 Å². The molecule has 1 heterocycles. The molecule has 124 valence electrons. The quantitative estimate of drug-likeness (QED) is 0.921. The summed E-state index contributed by atoms with van der Waals surface area (Å²) in [6.07, 6.45) is -5.28. The molecule has 2 rings (SSSR count). The van der Waals surface area contributed by atoms with Gasteiger partial charge in [-0.1, -0.05) is 19.1 Å². The molecule has 1 aliphatic heterocycles. The van der Waals surface area contributed by atoms with Crippen molar-refractivity contribution in [3.05, 3.63) is 29.8 Å². The van der Waals surface area contributed by atoms with E-state index >= 15 is 0 Å². The zero-order chi connectivity index (χ0) is 16.6. The highest BCUT2D eigenvalue weighted by Crippen LogP contribution is 2.39. The molecule has 4 nitrogen and oxygen atoms in total. The Bertz CT molecular complexity index is 618. The fourth-order valence-corrected chi connectivity index (χ4v) is 3.87. The number of sulfonamides is 1. The number of nitrogens with zero attached hydrogens (tertiary/aromatic N) is 1. The summed E-state index contributed by atoms with van der Waals surface area (Å²) in [4.78, 5) is 0.0575. The van der Waals surface area contributed by atoms with Gasteiger partial charge in [-0.25, -0.2) is 8.42 Å². The summed E-state index contributed by atoms with van der Waals surface area (Å²) in [6, 6.07) is 6.28. The number of alkyl halides is 3. The van der Waals surface area contributed by atoms with Gasteiger partial charge in [0.25, 0.3) is 0 Å². The number of hydrogen-bond acceptors (Lipinski definition) is 3. The van der Waals surface area contributed by atoms with Crippen LogP contribution in [0.3, 0.4) is 0 Å². The van der Waals surface area contributed by atoms with Crippen molar-refractivity contribution in [3.63, 3.8) is 0 Å². The average Bonchev–Trinajstić information content (AvgIpc) is 2.46. The van der Waals surface area contributed by atoms with Gasteiger partial charge in [-0.3, -0.25) is 0 Å². The molecule has 1 aromatic rings. The molecule has 1 aliphatic rings. The first-order chi connectivity index (χ1) is 10.1. The molecular weight excluding hydrogens is 319 g/mol. The molecule has 0 radical (unpaired) electrons. The Morgan fingerprint density at radius 2 is 1.68 bits per heavy atom. The number of rotatable bonds is 3. The second-order valence-electron chi connectivity index (χ2n) is 5.43. The Balaban J connectivity index is 2.15. The maximum Gasteiger partial charge on any atom is 0.417 e. The van der Waals surface area contributed by atoms with Gasteiger partial charge in [0.15, 0.2) is 5.60 Å². The fourth-order valence-electron chi connectivity index (χ4n) is 2.43. The zero-order valence-electron chi connectivity index (χ0n) is 12.1. The van der Waals surface area contributed by atoms with Crippen LogP contribution in [0.2, 0.25) is 0 Å². The highest BCUT2D eigenvalue weighted by molar-refractivity contribution is 7.89. The molecule has 0 saturated carbocycles. The van der Waals surface area contributed by atoms with Crippen molar-refractivity contribution in [1.82, 2.24) is 4.31 Å². The molecule has 1 N–H and O–H groups in total. The van der Waals surface area contributed by atoms with Gasteiger partial charge >= 0.3 is 6.18 Å². The summed E-state index contributed by atoms with van der Waals surface area (Å²) in [7, 11) is -3.83. The van der Waals surface area contributed by atoms with E-state index in [0.717, 1.165) is 16.3 Å². The molecule has 8 heteroatoms. The normalized spacial score (nSPS) is 20.0. The van der Waals surface area contributed by atoms with Crippen LogP contribution in [-0.4, -0.2) is 42.7 Å². The van der Waals surface area contributed by atoms with Crippen molar-refractivity contribution >= 4 is 10.0 Å². The molecule has 22 heavy (non-hydrogen) atoms. The van der Waals surface area contributed by atoms with E-state index in [1.807, 2.05) is 6.92 Å². The highest BCUT2D eigenvalue weighted by atomic mass is 32.2. The summed E-state index contributed by atoms with van der Waals surface area (Å²) in [5.41, 5.74) is -1.82. The lowest BCUT2D eigenvalue weighted by Gasteiger charge is -2.38. The van der Waals surface area contributed by atoms with Crippen LogP contribution < -0.4 is 0 Å². The summed E-state index contributed by atoms with van der Waals surface area (Å²) in [6.45, 7) is 1.23. The van der Waals surface area contributed by atoms with Gasteiger partial charge in [0.05, 0.1) is 4.90 Å². The van der Waals surface area contributed by atoms with Gasteiger partial charge in [0.2, 0.25) is 10.0 Å². The molecule has 0 aliphatic carbocycles. The van der Waals surface area contributed by atoms with Gasteiger partial charge in [0, 0.05) is 13.1 Å². The maximum atomic E-state index is 12.7. The molecule has 0 spiro atoms. The minimum absolute atomic E-state index is 0.0575. The van der Waals surface area contributed by atoms with Crippen LogP contribution >= 0.6 is 0 Å². The molecule has 0 amide bonds. The van der Waals surface area contributed by atoms with E-state index in [9.17, 15) is 26.7 Å². The van der Waals surface area contributed by atoms with E-state index in [1.165, 1.54) is 12.1 Å². The van der Waals surface area contributed by atoms with Crippen LogP contribution in [0.4, 0.5) is 13.2 Å². The van der Waals surface area contributed by atoms with Crippen molar-refractivity contribution in [1.29, 1.82) is 0 Å². The van der Waals surface area contributed by atoms with E-state index in [0.29, 0.717) is 0 Å². The second-order valence-corrected chi connectivity index (χ2v) is 7.37. The number of aliphatic hydroxyl groups is 1. The summed E-state index contributed by atoms with van der Waals surface area (Å²) >= 11 is 0. The maximum absolute atomic E-state index is 12.7. The minimum Gasteiger partial charge on any atom is -0.380 e. The number of benzene rings is 1. The first-order valence-corrected chi connectivity index (χ1v) is 8.42. The van der Waals surface area contributed by atoms with Gasteiger partial charge in [-0.05, 0) is 37.0 Å². The average molecular weight is 337 g/mol. The Hall–Kier alpha value is -1.12. The second kappa shape index (κ2) is 5.82. The monoisotopic (exact) mass is 337 g/mol. The molecule has 0 bridgehead atoms. The van der Waals surface area contributed by atoms with Gasteiger partial charge in [0.1, 0.15) is 0 Å². The first kappa shape index (κ1) is 17.2. The molecule has 0 atom stereocenters. The van der Waals surface area contributed by atoms with Crippen molar-refractivity contribution in [3.8, 4) is 0 Å². The summed E-state index contributed by atoms with van der Waals surface area (Å²) in [5, 5.41) is 9.58. The Kier molecular flexibility index (Phi) is 4.56. The number of piperidine rings is 1. The molecule has 1 fully saturated rings. The van der Waals surface area contributed by atoms with E-state index in [4.69, 9.17) is 0 Å². The Labute approximate surface area is 127 Å². The zero-order valence-corrected chi connectivity index (χ0v) is 12.9. The van der Waals surface area contributed by atoms with Crippen molar-refractivity contribution in [2.24, 2.45) is 0 Å². The largest absolute Gasteiger partial charge is 0.417 e. The van der Waals surface area contributed by atoms with Crippen molar-refractivity contribution < 1.29 is 26.7 Å². The predicted molar refractivity (Wildman–Crippen MR) is 74.8 cm³/mol. The van der Waals surface area contributed by atoms with E-state index in [-0.39, 0.29) is 18.0 Å². The fraction of sp³-hybridized carbons (Fsp3) is 0.571. The standard InChI is InChI=1S/C14H18F3NO3S/c1-2-11-3-5-12(6-4-11)22(20,21)18-9-7-13(19,8-10-18)14(15,16)17/h3-6,19H,2,7-10H2,1H3. The third-order valence-electron chi connectivity index (χ3n) is 4.05. The van der Waals surface area contributed by atoms with E-state index < -0.39 is 34.6 Å². The lowest BCUT2D eigenvalue weighted by atomic mass is 9.92. The minimum atomic E-state index is -4.74. The number of aryl methyl sites for hydroxylation is 1. The molecule has 1 aromatic carbocycles. The third kappa shape index (κ3) is 3.13. The van der Waals surface area contributed by atoms with Crippen LogP contribution in [0.1, 0.15) is 25.3 Å².